The molecule has 0 spiro atoms. The Morgan fingerprint density at radius 3 is 2.28 bits per heavy atom. The summed E-state index contributed by atoms with van der Waals surface area (Å²) in [4.78, 5) is 24.8. The van der Waals surface area contributed by atoms with Crippen LogP contribution in [0.1, 0.15) is 6.92 Å². The van der Waals surface area contributed by atoms with E-state index >= 15 is 0 Å². The van der Waals surface area contributed by atoms with E-state index in [4.69, 9.17) is 13.9 Å². The zero-order valence-electron chi connectivity index (χ0n) is 18.9. The summed E-state index contributed by atoms with van der Waals surface area (Å²) in [6.07, 6.45) is -1.13. The third-order valence-electron chi connectivity index (χ3n) is 5.32. The van der Waals surface area contributed by atoms with Gasteiger partial charge in [-0.3, -0.25) is 0 Å². The highest BCUT2D eigenvalue weighted by atomic mass is 32.2. The number of carbonyl (C=O) groups is 1. The Morgan fingerprint density at radius 1 is 0.917 bits per heavy atom. The van der Waals surface area contributed by atoms with Crippen molar-refractivity contribution in [2.24, 2.45) is 0 Å². The van der Waals surface area contributed by atoms with Crippen molar-refractivity contribution in [3.63, 3.8) is 0 Å². The lowest BCUT2D eigenvalue weighted by Gasteiger charge is -2.23. The van der Waals surface area contributed by atoms with E-state index in [0.717, 1.165) is 11.3 Å². The highest BCUT2D eigenvalue weighted by Crippen LogP contribution is 2.38. The van der Waals surface area contributed by atoms with Gasteiger partial charge in [-0.05, 0) is 49.4 Å². The highest BCUT2D eigenvalue weighted by Gasteiger charge is 2.35. The Morgan fingerprint density at radius 2 is 1.58 bits per heavy atom. The number of rotatable bonds is 6. The molecular formula is C26H19NO7S2. The normalized spacial score (nSPS) is 11.5. The van der Waals surface area contributed by atoms with Gasteiger partial charge in [-0.2, -0.15) is 4.31 Å². The zero-order valence-corrected chi connectivity index (χ0v) is 20.5. The van der Waals surface area contributed by atoms with Crippen molar-refractivity contribution in [3.8, 4) is 11.5 Å². The molecule has 5 rings (SSSR count). The smallest absolute Gasteiger partial charge is 0.434 e. The van der Waals surface area contributed by atoms with Crippen molar-refractivity contribution in [1.29, 1.82) is 0 Å². The first-order chi connectivity index (χ1) is 17.4. The molecule has 0 aliphatic carbocycles. The first-order valence-electron chi connectivity index (χ1n) is 10.9. The number of nitrogens with zero attached hydrogens (tertiary/aromatic N) is 1. The van der Waals surface area contributed by atoms with Gasteiger partial charge in [-0.15, -0.1) is 0 Å². The number of amides is 1. The Kier molecular flexibility index (Phi) is 6.21. The minimum atomic E-state index is -4.46. The molecule has 1 amide bonds. The number of ether oxygens (including phenoxy) is 2. The second kappa shape index (κ2) is 9.48. The van der Waals surface area contributed by atoms with E-state index in [1.54, 1.807) is 54.6 Å². The lowest BCUT2D eigenvalue weighted by molar-refractivity contribution is 0.211. The predicted molar refractivity (Wildman–Crippen MR) is 138 cm³/mol. The minimum Gasteiger partial charge on any atom is -0.494 e. The summed E-state index contributed by atoms with van der Waals surface area (Å²) < 4.78 is 45.1. The molecule has 0 N–H and O–H groups in total. The van der Waals surface area contributed by atoms with Crippen LogP contribution in [0, 0.1) is 0 Å². The van der Waals surface area contributed by atoms with Gasteiger partial charge >= 0.3 is 11.0 Å². The number of anilines is 1. The van der Waals surface area contributed by atoms with Gasteiger partial charge < -0.3 is 13.9 Å². The van der Waals surface area contributed by atoms with Crippen molar-refractivity contribution < 1.29 is 27.1 Å². The van der Waals surface area contributed by atoms with Gasteiger partial charge in [0.2, 0.25) is 0 Å². The molecule has 1 heterocycles. The van der Waals surface area contributed by atoms with Gasteiger partial charge in [-0.1, -0.05) is 53.8 Å². The molecule has 0 saturated carbocycles. The lowest BCUT2D eigenvalue weighted by Crippen LogP contribution is -2.39. The monoisotopic (exact) mass is 521 g/mol. The van der Waals surface area contributed by atoms with Crippen LogP contribution in [0.2, 0.25) is 0 Å². The number of hydrogen-bond donors (Lipinski definition) is 0. The molecule has 36 heavy (non-hydrogen) atoms. The topological polar surface area (TPSA) is 103 Å². The van der Waals surface area contributed by atoms with Crippen LogP contribution in [0.5, 0.6) is 11.5 Å². The SMILES string of the molecule is CCOc1ccc(S(=O)(=O)N(C(=O)Oc2ccccc2)c2cc3sc(=O)oc3c3ccccc23)cc1. The molecule has 0 unspecified atom stereocenters. The summed E-state index contributed by atoms with van der Waals surface area (Å²) in [5.41, 5.74) is 0.351. The first-order valence-corrected chi connectivity index (χ1v) is 13.1. The molecule has 182 valence electrons. The number of hydrogen-bond acceptors (Lipinski definition) is 8. The summed E-state index contributed by atoms with van der Waals surface area (Å²) in [5, 5.41) is 0.883. The van der Waals surface area contributed by atoms with Crippen molar-refractivity contribution in [2.75, 3.05) is 10.9 Å². The fourth-order valence-electron chi connectivity index (χ4n) is 3.78. The number of benzene rings is 4. The van der Waals surface area contributed by atoms with Gasteiger partial charge in [-0.25, -0.2) is 18.0 Å². The predicted octanol–water partition coefficient (Wildman–Crippen LogP) is 5.80. The molecule has 1 aromatic heterocycles. The Balaban J connectivity index is 1.73. The summed E-state index contributed by atoms with van der Waals surface area (Å²) in [6, 6.07) is 22.1. The van der Waals surface area contributed by atoms with Crippen molar-refractivity contribution in [2.45, 2.75) is 11.8 Å². The molecule has 0 fully saturated rings. The van der Waals surface area contributed by atoms with E-state index in [1.807, 2.05) is 6.92 Å². The summed E-state index contributed by atoms with van der Waals surface area (Å²) in [7, 11) is -4.46. The van der Waals surface area contributed by atoms with Crippen LogP contribution in [0.15, 0.2) is 99.0 Å². The molecule has 0 aliphatic heterocycles. The van der Waals surface area contributed by atoms with E-state index < -0.39 is 21.1 Å². The first kappa shape index (κ1) is 23.6. The van der Waals surface area contributed by atoms with Gasteiger partial charge in [0.05, 0.1) is 21.9 Å². The molecule has 0 atom stereocenters. The fourth-order valence-corrected chi connectivity index (χ4v) is 5.84. The van der Waals surface area contributed by atoms with Gasteiger partial charge in [0.1, 0.15) is 11.5 Å². The molecule has 8 nitrogen and oxygen atoms in total. The van der Waals surface area contributed by atoms with Crippen LogP contribution in [-0.4, -0.2) is 21.1 Å². The fraction of sp³-hybridized carbons (Fsp3) is 0.0769. The molecule has 4 aromatic carbocycles. The summed E-state index contributed by atoms with van der Waals surface area (Å²) in [6.45, 7) is 2.23. The Labute approximate surface area is 210 Å². The van der Waals surface area contributed by atoms with Crippen LogP contribution in [0.25, 0.3) is 21.1 Å². The maximum Gasteiger partial charge on any atom is 0.434 e. The van der Waals surface area contributed by atoms with E-state index in [0.29, 0.717) is 37.7 Å². The number of fused-ring (bicyclic) bond motifs is 3. The Bertz CT molecular complexity index is 1720. The third kappa shape index (κ3) is 4.32. The van der Waals surface area contributed by atoms with E-state index in [2.05, 4.69) is 0 Å². The maximum atomic E-state index is 13.9. The number of carbonyl (C=O) groups excluding carboxylic acids is 1. The molecule has 0 bridgehead atoms. The molecular weight excluding hydrogens is 502 g/mol. The standard InChI is InChI=1S/C26H19NO7S2/c1-2-32-17-12-14-19(15-13-17)36(30,31)27(25(28)33-18-8-4-3-5-9-18)22-16-23-24(34-26(29)35-23)21-11-7-6-10-20(21)22/h3-16H,2H2,1H3. The molecule has 10 heteroatoms. The number of sulfonamides is 1. The van der Waals surface area contributed by atoms with Crippen molar-refractivity contribution >= 4 is 54.2 Å². The molecule has 5 aromatic rings. The van der Waals surface area contributed by atoms with Crippen LogP contribution < -0.4 is 18.7 Å². The molecule has 0 aliphatic rings. The molecule has 0 radical (unpaired) electrons. The second-order valence-corrected chi connectivity index (χ2v) is 10.3. The lowest BCUT2D eigenvalue weighted by atomic mass is 10.1. The van der Waals surface area contributed by atoms with Crippen LogP contribution in [0.3, 0.4) is 0 Å². The van der Waals surface area contributed by atoms with Crippen molar-refractivity contribution in [3.05, 3.63) is 94.7 Å². The zero-order chi connectivity index (χ0) is 25.3. The van der Waals surface area contributed by atoms with Gasteiger partial charge in [0.15, 0.2) is 5.58 Å². The minimum absolute atomic E-state index is 0.0324. The summed E-state index contributed by atoms with van der Waals surface area (Å²) in [5.74, 6) is 0.664. The number of para-hydroxylation sites is 1. The van der Waals surface area contributed by atoms with Crippen LogP contribution in [0.4, 0.5) is 10.5 Å². The van der Waals surface area contributed by atoms with Gasteiger partial charge in [0.25, 0.3) is 10.0 Å². The highest BCUT2D eigenvalue weighted by molar-refractivity contribution is 7.93. The average Bonchev–Trinajstić information content (AvgIpc) is 3.25. The Hall–Kier alpha value is -4.15. The van der Waals surface area contributed by atoms with Crippen LogP contribution in [-0.2, 0) is 10.0 Å². The largest absolute Gasteiger partial charge is 0.494 e. The van der Waals surface area contributed by atoms with E-state index in [9.17, 15) is 18.0 Å². The third-order valence-corrected chi connectivity index (χ3v) is 7.79. The maximum absolute atomic E-state index is 13.9. The van der Waals surface area contributed by atoms with E-state index in [1.165, 1.54) is 30.3 Å². The summed E-state index contributed by atoms with van der Waals surface area (Å²) >= 11 is 0.816. The average molecular weight is 522 g/mol. The quantitative estimate of drug-likeness (QED) is 0.278. The van der Waals surface area contributed by atoms with E-state index in [-0.39, 0.29) is 16.3 Å². The van der Waals surface area contributed by atoms with Gasteiger partial charge in [0, 0.05) is 10.8 Å². The van der Waals surface area contributed by atoms with Crippen LogP contribution >= 0.6 is 11.3 Å². The molecule has 0 saturated heterocycles. The van der Waals surface area contributed by atoms with Crippen molar-refractivity contribution in [1.82, 2.24) is 0 Å². The second-order valence-electron chi connectivity index (χ2n) is 7.58.